The zero-order chi connectivity index (χ0) is 22.3. The third-order valence-electron chi connectivity index (χ3n) is 5.43. The molecule has 0 unspecified atom stereocenters. The third kappa shape index (κ3) is 4.27. The molecule has 2 aromatic carbocycles. The van der Waals surface area contributed by atoms with Crippen molar-refractivity contribution < 1.29 is 22.4 Å². The second kappa shape index (κ2) is 8.38. The summed E-state index contributed by atoms with van der Waals surface area (Å²) < 4.78 is 40.6. The van der Waals surface area contributed by atoms with Gasteiger partial charge in [0.15, 0.2) is 0 Å². The molecule has 31 heavy (non-hydrogen) atoms. The second-order valence-corrected chi connectivity index (χ2v) is 10.1. The van der Waals surface area contributed by atoms with E-state index in [9.17, 15) is 22.4 Å². The van der Waals surface area contributed by atoms with Gasteiger partial charge in [-0.15, -0.1) is 0 Å². The Kier molecular flexibility index (Phi) is 5.95. The van der Waals surface area contributed by atoms with Crippen molar-refractivity contribution in [1.82, 2.24) is 9.21 Å². The van der Waals surface area contributed by atoms with Gasteiger partial charge >= 0.3 is 0 Å². The molecule has 0 aromatic heterocycles. The van der Waals surface area contributed by atoms with E-state index < -0.39 is 21.8 Å². The van der Waals surface area contributed by atoms with E-state index >= 15 is 0 Å². The van der Waals surface area contributed by atoms with Crippen LogP contribution >= 0.6 is 23.2 Å². The van der Waals surface area contributed by atoms with Crippen molar-refractivity contribution in [2.75, 3.05) is 31.5 Å². The van der Waals surface area contributed by atoms with E-state index in [-0.39, 0.29) is 65.0 Å². The highest BCUT2D eigenvalue weighted by Crippen LogP contribution is 2.34. The Bertz CT molecular complexity index is 1170. The molecule has 1 fully saturated rings. The van der Waals surface area contributed by atoms with Crippen molar-refractivity contribution >= 4 is 50.7 Å². The first kappa shape index (κ1) is 22.0. The molecule has 11 heteroatoms. The Morgan fingerprint density at radius 2 is 1.74 bits per heavy atom. The molecular formula is C20H18Cl2FN3O4S. The summed E-state index contributed by atoms with van der Waals surface area (Å²) in [5.74, 6) is -1.89. The summed E-state index contributed by atoms with van der Waals surface area (Å²) in [5.41, 5.74) is 0.840. The van der Waals surface area contributed by atoms with Gasteiger partial charge in [0.25, 0.3) is 0 Å². The topological polar surface area (TPSA) is 86.8 Å². The zero-order valence-electron chi connectivity index (χ0n) is 16.1. The van der Waals surface area contributed by atoms with E-state index in [1.807, 2.05) is 0 Å². The molecule has 2 amide bonds. The van der Waals surface area contributed by atoms with Gasteiger partial charge in [-0.25, -0.2) is 12.8 Å². The maximum Gasteiger partial charge on any atom is 0.243 e. The molecule has 0 radical (unpaired) electrons. The molecule has 0 bridgehead atoms. The highest BCUT2D eigenvalue weighted by molar-refractivity contribution is 7.89. The van der Waals surface area contributed by atoms with Gasteiger partial charge in [0.1, 0.15) is 5.82 Å². The summed E-state index contributed by atoms with van der Waals surface area (Å²) in [6.07, 6.45) is -0.0424. The van der Waals surface area contributed by atoms with E-state index in [4.69, 9.17) is 23.2 Å². The molecule has 0 aliphatic carbocycles. The van der Waals surface area contributed by atoms with Crippen molar-refractivity contribution in [3.05, 3.63) is 57.8 Å². The number of piperazine rings is 1. The minimum absolute atomic E-state index is 0.0292. The zero-order valence-corrected chi connectivity index (χ0v) is 18.5. The van der Waals surface area contributed by atoms with Gasteiger partial charge in [-0.3, -0.25) is 9.59 Å². The van der Waals surface area contributed by atoms with E-state index in [0.717, 1.165) is 0 Å². The number of nitrogens with zero attached hydrogens (tertiary/aromatic N) is 2. The smallest absolute Gasteiger partial charge is 0.243 e. The van der Waals surface area contributed by atoms with Crippen molar-refractivity contribution in [2.45, 2.75) is 17.2 Å². The van der Waals surface area contributed by atoms with E-state index in [1.165, 1.54) is 45.6 Å². The van der Waals surface area contributed by atoms with Crippen LogP contribution in [0.15, 0.2) is 41.3 Å². The molecule has 2 aliphatic rings. The quantitative estimate of drug-likeness (QED) is 0.723. The molecular weight excluding hydrogens is 468 g/mol. The molecule has 7 nitrogen and oxygen atoms in total. The Morgan fingerprint density at radius 1 is 1.03 bits per heavy atom. The molecule has 2 heterocycles. The summed E-state index contributed by atoms with van der Waals surface area (Å²) in [6.45, 7) is 0.551. The monoisotopic (exact) mass is 485 g/mol. The first-order chi connectivity index (χ1) is 14.7. The van der Waals surface area contributed by atoms with E-state index in [1.54, 1.807) is 0 Å². The number of sulfonamides is 1. The lowest BCUT2D eigenvalue weighted by Crippen LogP contribution is -2.52. The first-order valence-corrected chi connectivity index (χ1v) is 11.7. The second-order valence-electron chi connectivity index (χ2n) is 7.34. The van der Waals surface area contributed by atoms with Crippen LogP contribution in [0.4, 0.5) is 10.1 Å². The molecule has 1 saturated heterocycles. The molecule has 4 rings (SSSR count). The number of fused-ring (bicyclic) bond motifs is 1. The van der Waals surface area contributed by atoms with Crippen molar-refractivity contribution in [3.8, 4) is 0 Å². The Hall–Kier alpha value is -2.20. The maximum absolute atomic E-state index is 13.5. The summed E-state index contributed by atoms with van der Waals surface area (Å²) in [4.78, 5) is 26.7. The standard InChI is InChI=1S/C20H18Cl2FN3O4S/c21-16-4-2-13(10-17(16)22)31(29,30)26-7-5-25(6-8-26)20(28)15-11-19(27)24-18-9-12(23)1-3-14(15)18/h1-4,9-10,15H,5-8,11H2,(H,24,27)/t15-/m1/s1. The summed E-state index contributed by atoms with van der Waals surface area (Å²) in [5, 5.41) is 2.98. The number of halogens is 3. The highest BCUT2D eigenvalue weighted by atomic mass is 35.5. The highest BCUT2D eigenvalue weighted by Gasteiger charge is 2.36. The molecule has 1 N–H and O–H groups in total. The number of benzene rings is 2. The van der Waals surface area contributed by atoms with Crippen LogP contribution in [0, 0.1) is 5.82 Å². The van der Waals surface area contributed by atoms with Gasteiger partial charge in [0.05, 0.1) is 20.9 Å². The van der Waals surface area contributed by atoms with Gasteiger partial charge in [0.2, 0.25) is 21.8 Å². The number of hydrogen-bond donors (Lipinski definition) is 1. The largest absolute Gasteiger partial charge is 0.340 e. The van der Waals surface area contributed by atoms with Crippen molar-refractivity contribution in [3.63, 3.8) is 0 Å². The van der Waals surface area contributed by atoms with Crippen molar-refractivity contribution in [1.29, 1.82) is 0 Å². The number of rotatable bonds is 3. The van der Waals surface area contributed by atoms with Crippen molar-refractivity contribution in [2.24, 2.45) is 0 Å². The summed E-state index contributed by atoms with van der Waals surface area (Å²) >= 11 is 11.8. The number of carbonyl (C=O) groups is 2. The van der Waals surface area contributed by atoms with Crippen LogP contribution in [0.2, 0.25) is 10.0 Å². The predicted octanol–water partition coefficient (Wildman–Crippen LogP) is 3.09. The van der Waals surface area contributed by atoms with Gasteiger partial charge in [-0.1, -0.05) is 29.3 Å². The van der Waals surface area contributed by atoms with Crippen LogP contribution in [0.25, 0.3) is 0 Å². The van der Waals surface area contributed by atoms with Gasteiger partial charge in [-0.2, -0.15) is 4.31 Å². The van der Waals surface area contributed by atoms with Gasteiger partial charge in [0, 0.05) is 38.3 Å². The molecule has 164 valence electrons. The number of amides is 2. The van der Waals surface area contributed by atoms with Crippen LogP contribution in [-0.4, -0.2) is 55.6 Å². The fourth-order valence-corrected chi connectivity index (χ4v) is 5.62. The number of carbonyl (C=O) groups excluding carboxylic acids is 2. The molecule has 2 aromatic rings. The fraction of sp³-hybridized carbons (Fsp3) is 0.300. The number of nitrogens with one attached hydrogen (secondary N) is 1. The fourth-order valence-electron chi connectivity index (χ4n) is 3.81. The Morgan fingerprint density at radius 3 is 2.42 bits per heavy atom. The molecule has 0 saturated carbocycles. The van der Waals surface area contributed by atoms with Crippen LogP contribution in [-0.2, 0) is 19.6 Å². The number of hydrogen-bond acceptors (Lipinski definition) is 4. The van der Waals surface area contributed by atoms with Crippen LogP contribution < -0.4 is 5.32 Å². The van der Waals surface area contributed by atoms with Crippen LogP contribution in [0.3, 0.4) is 0 Å². The van der Waals surface area contributed by atoms with Gasteiger partial charge in [-0.05, 0) is 35.9 Å². The Balaban J connectivity index is 1.48. The molecule has 2 aliphatic heterocycles. The normalized spacial score (nSPS) is 19.6. The predicted molar refractivity (Wildman–Crippen MR) is 114 cm³/mol. The first-order valence-electron chi connectivity index (χ1n) is 9.50. The SMILES string of the molecule is O=C1C[C@@H](C(=O)N2CCN(S(=O)(=O)c3ccc(Cl)c(Cl)c3)CC2)c2ccc(F)cc2N1. The summed E-state index contributed by atoms with van der Waals surface area (Å²) in [7, 11) is -3.79. The number of anilines is 1. The lowest BCUT2D eigenvalue weighted by molar-refractivity contribution is -0.136. The Labute approximate surface area is 188 Å². The lowest BCUT2D eigenvalue weighted by atomic mass is 9.89. The van der Waals surface area contributed by atoms with Gasteiger partial charge < -0.3 is 10.2 Å². The third-order valence-corrected chi connectivity index (χ3v) is 8.07. The van der Waals surface area contributed by atoms with E-state index in [2.05, 4.69) is 5.32 Å². The molecule has 1 atom stereocenters. The van der Waals surface area contributed by atoms with Crippen LogP contribution in [0.1, 0.15) is 17.9 Å². The van der Waals surface area contributed by atoms with E-state index in [0.29, 0.717) is 5.56 Å². The minimum Gasteiger partial charge on any atom is -0.340 e. The average Bonchev–Trinajstić information content (AvgIpc) is 2.74. The van der Waals surface area contributed by atoms with Crippen LogP contribution in [0.5, 0.6) is 0 Å². The average molecular weight is 486 g/mol. The minimum atomic E-state index is -3.79. The summed E-state index contributed by atoms with van der Waals surface area (Å²) in [6, 6.07) is 8.04. The maximum atomic E-state index is 13.5. The molecule has 0 spiro atoms. The lowest BCUT2D eigenvalue weighted by Gasteiger charge is -2.36.